The highest BCUT2D eigenvalue weighted by molar-refractivity contribution is 7.15. The molecular formula is C32H37FN4O7S. The molecule has 2 aromatic carbocycles. The van der Waals surface area contributed by atoms with E-state index in [4.69, 9.17) is 18.9 Å². The van der Waals surface area contributed by atoms with Gasteiger partial charge in [0.2, 0.25) is 0 Å². The van der Waals surface area contributed by atoms with Crippen LogP contribution in [0, 0.1) is 5.82 Å². The maximum atomic E-state index is 14.9. The van der Waals surface area contributed by atoms with Crippen molar-refractivity contribution in [3.05, 3.63) is 63.9 Å². The van der Waals surface area contributed by atoms with Crippen molar-refractivity contribution in [2.24, 2.45) is 0 Å². The number of carbonyl (C=O) groups excluding carboxylic acids is 3. The third-order valence-corrected chi connectivity index (χ3v) is 8.03. The Morgan fingerprint density at radius 3 is 2.47 bits per heavy atom. The molecule has 240 valence electrons. The second-order valence-corrected chi connectivity index (χ2v) is 13.0. The zero-order valence-corrected chi connectivity index (χ0v) is 26.8. The number of carbonyl (C=O) groups is 3. The Morgan fingerprint density at radius 2 is 1.80 bits per heavy atom. The van der Waals surface area contributed by atoms with E-state index in [1.165, 1.54) is 29.5 Å². The lowest BCUT2D eigenvalue weighted by molar-refractivity contribution is 0.0225. The SMILES string of the molecule is COC[C@H](C)Oc1cc(Oc2ccc(C(=O)N3CCC3)c(F)c2)cc(C(=O)Nc2nc3c(s2)CN(C(=O)OC(C)(C)C)CC3)c1. The molecule has 0 bridgehead atoms. The molecule has 0 aliphatic carbocycles. The van der Waals surface area contributed by atoms with Crippen molar-refractivity contribution in [1.82, 2.24) is 14.8 Å². The van der Waals surface area contributed by atoms with Crippen LogP contribution in [0.1, 0.15) is 65.4 Å². The number of thiazole rings is 1. The Bertz CT molecular complexity index is 1580. The van der Waals surface area contributed by atoms with E-state index in [1.807, 2.05) is 27.7 Å². The Morgan fingerprint density at radius 1 is 1.04 bits per heavy atom. The number of likely N-dealkylation sites (tertiary alicyclic amines) is 1. The van der Waals surface area contributed by atoms with Gasteiger partial charge in [0.1, 0.15) is 34.8 Å². The van der Waals surface area contributed by atoms with Crippen molar-refractivity contribution in [3.63, 3.8) is 0 Å². The highest BCUT2D eigenvalue weighted by Crippen LogP contribution is 2.32. The average molecular weight is 641 g/mol. The van der Waals surface area contributed by atoms with Crippen LogP contribution in [0.15, 0.2) is 36.4 Å². The normalized spacial score (nSPS) is 15.1. The van der Waals surface area contributed by atoms with E-state index in [0.29, 0.717) is 50.1 Å². The topological polar surface area (TPSA) is 120 Å². The number of hydrogen-bond donors (Lipinski definition) is 1. The molecule has 2 aliphatic heterocycles. The minimum absolute atomic E-state index is 0.0204. The molecule has 13 heteroatoms. The molecule has 3 heterocycles. The molecule has 5 rings (SSSR count). The highest BCUT2D eigenvalue weighted by atomic mass is 32.1. The molecule has 3 amide bonds. The minimum Gasteiger partial charge on any atom is -0.488 e. The molecule has 0 radical (unpaired) electrons. The van der Waals surface area contributed by atoms with E-state index in [2.05, 4.69) is 10.3 Å². The van der Waals surface area contributed by atoms with Crippen molar-refractivity contribution in [2.45, 2.75) is 58.8 Å². The molecule has 0 spiro atoms. The van der Waals surface area contributed by atoms with Crippen molar-refractivity contribution in [1.29, 1.82) is 0 Å². The molecule has 45 heavy (non-hydrogen) atoms. The minimum atomic E-state index is -0.693. The maximum absolute atomic E-state index is 14.9. The predicted molar refractivity (Wildman–Crippen MR) is 166 cm³/mol. The summed E-state index contributed by atoms with van der Waals surface area (Å²) in [4.78, 5) is 47.1. The van der Waals surface area contributed by atoms with Crippen molar-refractivity contribution in [3.8, 4) is 17.2 Å². The number of aromatic nitrogens is 1. The molecule has 2 aliphatic rings. The summed E-state index contributed by atoms with van der Waals surface area (Å²) in [7, 11) is 1.56. The summed E-state index contributed by atoms with van der Waals surface area (Å²) in [6.45, 7) is 9.63. The number of rotatable bonds is 9. The van der Waals surface area contributed by atoms with Gasteiger partial charge in [-0.1, -0.05) is 11.3 Å². The first-order valence-electron chi connectivity index (χ1n) is 14.7. The van der Waals surface area contributed by atoms with Gasteiger partial charge in [-0.15, -0.1) is 0 Å². The third kappa shape index (κ3) is 8.08. The molecule has 0 unspecified atom stereocenters. The van der Waals surface area contributed by atoms with Crippen LogP contribution in [0.2, 0.25) is 0 Å². The summed E-state index contributed by atoms with van der Waals surface area (Å²) >= 11 is 1.29. The molecular weight excluding hydrogens is 603 g/mol. The molecule has 1 aromatic heterocycles. The van der Waals surface area contributed by atoms with E-state index in [0.717, 1.165) is 23.1 Å². The zero-order valence-electron chi connectivity index (χ0n) is 26.0. The van der Waals surface area contributed by atoms with Crippen LogP contribution >= 0.6 is 11.3 Å². The van der Waals surface area contributed by atoms with Gasteiger partial charge in [-0.05, 0) is 58.4 Å². The monoisotopic (exact) mass is 640 g/mol. The van der Waals surface area contributed by atoms with Crippen LogP contribution in [-0.2, 0) is 22.4 Å². The highest BCUT2D eigenvalue weighted by Gasteiger charge is 2.29. The zero-order chi connectivity index (χ0) is 32.3. The number of methoxy groups -OCH3 is 1. The predicted octanol–water partition coefficient (Wildman–Crippen LogP) is 5.88. The van der Waals surface area contributed by atoms with Crippen LogP contribution in [-0.4, -0.2) is 77.7 Å². The van der Waals surface area contributed by atoms with E-state index in [1.54, 1.807) is 29.0 Å². The third-order valence-electron chi connectivity index (χ3n) is 7.03. The molecule has 1 fully saturated rings. The summed E-state index contributed by atoms with van der Waals surface area (Å²) in [5.41, 5.74) is 0.424. The van der Waals surface area contributed by atoms with Gasteiger partial charge < -0.3 is 28.7 Å². The Hall–Kier alpha value is -4.23. The van der Waals surface area contributed by atoms with Gasteiger partial charge in [0.15, 0.2) is 5.13 Å². The Kier molecular flexibility index (Phi) is 9.59. The van der Waals surface area contributed by atoms with E-state index < -0.39 is 23.4 Å². The fourth-order valence-corrected chi connectivity index (χ4v) is 5.81. The van der Waals surface area contributed by atoms with E-state index in [-0.39, 0.29) is 34.6 Å². The number of anilines is 1. The fourth-order valence-electron chi connectivity index (χ4n) is 4.79. The summed E-state index contributed by atoms with van der Waals surface area (Å²) in [6, 6.07) is 8.73. The lowest BCUT2D eigenvalue weighted by Crippen LogP contribution is -2.42. The van der Waals surface area contributed by atoms with Crippen LogP contribution < -0.4 is 14.8 Å². The van der Waals surface area contributed by atoms with Gasteiger partial charge in [-0.2, -0.15) is 0 Å². The van der Waals surface area contributed by atoms with Gasteiger partial charge >= 0.3 is 6.09 Å². The smallest absolute Gasteiger partial charge is 0.410 e. The molecule has 3 aromatic rings. The van der Waals surface area contributed by atoms with Crippen LogP contribution in [0.25, 0.3) is 0 Å². The lowest BCUT2D eigenvalue weighted by atomic mass is 10.1. The lowest BCUT2D eigenvalue weighted by Gasteiger charge is -2.31. The Balaban J connectivity index is 1.33. The molecule has 0 saturated carbocycles. The van der Waals surface area contributed by atoms with Gasteiger partial charge in [-0.25, -0.2) is 14.2 Å². The van der Waals surface area contributed by atoms with Gasteiger partial charge in [0, 0.05) is 55.7 Å². The van der Waals surface area contributed by atoms with Gasteiger partial charge in [-0.3, -0.25) is 14.9 Å². The Labute approximate surface area is 265 Å². The molecule has 1 N–H and O–H groups in total. The first-order valence-corrected chi connectivity index (χ1v) is 15.6. The standard InChI is InChI=1S/C32H37FN4O7S/c1-19(18-41-5)42-22-13-20(14-23(15-22)43-21-7-8-24(25(33)16-21)29(39)36-10-6-11-36)28(38)35-30-34-26-9-12-37(17-27(26)45-30)31(40)44-32(2,3)4/h7-8,13-16,19H,6,9-12,17-18H2,1-5H3,(H,34,35,38)/t19-/m0/s1. The van der Waals surface area contributed by atoms with Crippen LogP contribution in [0.4, 0.5) is 14.3 Å². The number of halogens is 1. The van der Waals surface area contributed by atoms with Crippen LogP contribution in [0.3, 0.4) is 0 Å². The second kappa shape index (κ2) is 13.4. The first kappa shape index (κ1) is 32.2. The van der Waals surface area contributed by atoms with Crippen molar-refractivity contribution < 1.29 is 37.7 Å². The van der Waals surface area contributed by atoms with Crippen LogP contribution in [0.5, 0.6) is 17.2 Å². The molecule has 1 atom stereocenters. The van der Waals surface area contributed by atoms with Crippen molar-refractivity contribution in [2.75, 3.05) is 38.7 Å². The van der Waals surface area contributed by atoms with Gasteiger partial charge in [0.25, 0.3) is 11.8 Å². The second-order valence-electron chi connectivity index (χ2n) is 12.0. The number of fused-ring (bicyclic) bond motifs is 1. The number of hydrogen-bond acceptors (Lipinski definition) is 9. The number of nitrogens with zero attached hydrogens (tertiary/aromatic N) is 3. The largest absolute Gasteiger partial charge is 0.488 e. The number of benzene rings is 2. The van der Waals surface area contributed by atoms with Crippen molar-refractivity contribution >= 4 is 34.4 Å². The summed E-state index contributed by atoms with van der Waals surface area (Å²) in [5.74, 6) is -0.770. The quantitative estimate of drug-likeness (QED) is 0.308. The van der Waals surface area contributed by atoms with Gasteiger partial charge in [0.05, 0.1) is 24.4 Å². The summed E-state index contributed by atoms with van der Waals surface area (Å²) in [6.07, 6.45) is 0.725. The van der Waals surface area contributed by atoms with E-state index in [9.17, 15) is 18.8 Å². The summed E-state index contributed by atoms with van der Waals surface area (Å²) in [5, 5.41) is 3.23. The van der Waals surface area contributed by atoms with E-state index >= 15 is 0 Å². The summed E-state index contributed by atoms with van der Waals surface area (Å²) < 4.78 is 37.4. The number of amides is 3. The fraction of sp³-hybridized carbons (Fsp3) is 0.438. The molecule has 11 nitrogen and oxygen atoms in total. The number of ether oxygens (including phenoxy) is 4. The average Bonchev–Trinajstić information content (AvgIpc) is 3.32. The maximum Gasteiger partial charge on any atom is 0.410 e. The first-order chi connectivity index (χ1) is 21.4. The molecule has 1 saturated heterocycles. The number of nitrogens with one attached hydrogen (secondary N) is 1.